The second kappa shape index (κ2) is 4.93. The highest BCUT2D eigenvalue weighted by Crippen LogP contribution is 2.29. The molecule has 2 rings (SSSR count). The second-order valence-corrected chi connectivity index (χ2v) is 6.66. The molecule has 1 amide bonds. The molecule has 1 fully saturated rings. The third kappa shape index (κ3) is 2.27. The van der Waals surface area contributed by atoms with Gasteiger partial charge in [0.25, 0.3) is 5.91 Å². The zero-order chi connectivity index (χ0) is 13.3. The number of carbonyl (C=O) groups is 2. The summed E-state index contributed by atoms with van der Waals surface area (Å²) < 4.78 is 0. The van der Waals surface area contributed by atoms with Crippen molar-refractivity contribution in [1.29, 1.82) is 0 Å². The summed E-state index contributed by atoms with van der Waals surface area (Å²) in [5.74, 6) is -0.00279. The van der Waals surface area contributed by atoms with E-state index in [1.807, 2.05) is 13.8 Å². The number of carboxylic acid groups (broad SMARTS) is 1. The van der Waals surface area contributed by atoms with Crippen molar-refractivity contribution >= 4 is 35.0 Å². The molecule has 0 bridgehead atoms. The smallest absolute Gasteiger partial charge is 0.330 e. The van der Waals surface area contributed by atoms with Crippen LogP contribution in [0.25, 0.3) is 0 Å². The molecule has 0 spiro atoms. The van der Waals surface area contributed by atoms with Gasteiger partial charge in [0.1, 0.15) is 5.54 Å². The van der Waals surface area contributed by atoms with Crippen LogP contribution in [-0.4, -0.2) is 34.0 Å². The van der Waals surface area contributed by atoms with Gasteiger partial charge in [-0.15, -0.1) is 11.3 Å². The Morgan fingerprint density at radius 1 is 1.44 bits per heavy atom. The number of thioether (sulfide) groups is 1. The van der Waals surface area contributed by atoms with Crippen LogP contribution in [0.3, 0.4) is 0 Å². The van der Waals surface area contributed by atoms with Crippen LogP contribution in [0.4, 0.5) is 0 Å². The molecule has 2 N–H and O–H groups in total. The van der Waals surface area contributed by atoms with E-state index in [4.69, 9.17) is 0 Å². The Bertz CT molecular complexity index is 490. The molecule has 1 aromatic rings. The van der Waals surface area contributed by atoms with Crippen LogP contribution in [0.2, 0.25) is 0 Å². The lowest BCUT2D eigenvalue weighted by Crippen LogP contribution is -2.54. The van der Waals surface area contributed by atoms with E-state index in [9.17, 15) is 14.7 Å². The minimum Gasteiger partial charge on any atom is -0.479 e. The molecule has 0 radical (unpaired) electrons. The van der Waals surface area contributed by atoms with Crippen molar-refractivity contribution in [3.05, 3.63) is 21.4 Å². The summed E-state index contributed by atoms with van der Waals surface area (Å²) in [7, 11) is 0. The fraction of sp³-hybridized carbons (Fsp3) is 0.500. The van der Waals surface area contributed by atoms with Crippen molar-refractivity contribution in [2.45, 2.75) is 25.8 Å². The predicted molar refractivity (Wildman–Crippen MR) is 73.6 cm³/mol. The highest BCUT2D eigenvalue weighted by molar-refractivity contribution is 7.99. The third-order valence-electron chi connectivity index (χ3n) is 3.31. The number of aliphatic carboxylic acids is 1. The predicted octanol–water partition coefficient (Wildman–Crippen LogP) is 2.06. The number of hydrogen-bond donors (Lipinski definition) is 2. The maximum Gasteiger partial charge on any atom is 0.330 e. The van der Waals surface area contributed by atoms with Gasteiger partial charge >= 0.3 is 5.97 Å². The monoisotopic (exact) mass is 285 g/mol. The van der Waals surface area contributed by atoms with Gasteiger partial charge < -0.3 is 10.4 Å². The van der Waals surface area contributed by atoms with Gasteiger partial charge in [-0.1, -0.05) is 0 Å². The molecule has 1 atom stereocenters. The first-order chi connectivity index (χ1) is 8.46. The molecule has 6 heteroatoms. The standard InChI is InChI=1S/C12H15NO3S2/c1-7-8(2)18-5-9(7)10(14)13-12(11(15)16)3-4-17-6-12/h5H,3-4,6H2,1-2H3,(H,13,14)(H,15,16). The summed E-state index contributed by atoms with van der Waals surface area (Å²) in [6.07, 6.45) is 0.487. The number of hydrogen-bond acceptors (Lipinski definition) is 4. The Morgan fingerprint density at radius 2 is 2.17 bits per heavy atom. The topological polar surface area (TPSA) is 66.4 Å². The molecule has 0 aliphatic carbocycles. The van der Waals surface area contributed by atoms with Gasteiger partial charge in [0, 0.05) is 16.0 Å². The van der Waals surface area contributed by atoms with Crippen molar-refractivity contribution < 1.29 is 14.7 Å². The molecule has 4 nitrogen and oxygen atoms in total. The van der Waals surface area contributed by atoms with Crippen molar-refractivity contribution in [3.63, 3.8) is 0 Å². The van der Waals surface area contributed by atoms with Crippen molar-refractivity contribution in [2.75, 3.05) is 11.5 Å². The minimum absolute atomic E-state index is 0.276. The average Bonchev–Trinajstić information content (AvgIpc) is 2.89. The number of rotatable bonds is 3. The van der Waals surface area contributed by atoms with E-state index in [1.54, 1.807) is 17.1 Å². The third-order valence-corrected chi connectivity index (χ3v) is 5.52. The Kier molecular flexibility index (Phi) is 3.68. The molecular weight excluding hydrogens is 270 g/mol. The molecule has 98 valence electrons. The molecule has 1 aromatic heterocycles. The summed E-state index contributed by atoms with van der Waals surface area (Å²) in [5, 5.41) is 13.8. The number of nitrogens with one attached hydrogen (secondary N) is 1. The first-order valence-corrected chi connectivity index (χ1v) is 7.68. The van der Waals surface area contributed by atoms with E-state index >= 15 is 0 Å². The van der Waals surface area contributed by atoms with Crippen LogP contribution in [0.1, 0.15) is 27.2 Å². The van der Waals surface area contributed by atoms with Crippen LogP contribution in [0.15, 0.2) is 5.38 Å². The van der Waals surface area contributed by atoms with Crippen molar-refractivity contribution in [1.82, 2.24) is 5.32 Å². The van der Waals surface area contributed by atoms with Crippen LogP contribution in [-0.2, 0) is 4.79 Å². The number of carbonyl (C=O) groups excluding carboxylic acids is 1. The highest BCUT2D eigenvalue weighted by atomic mass is 32.2. The number of thiophene rings is 1. The van der Waals surface area contributed by atoms with Gasteiger partial charge in [-0.3, -0.25) is 4.79 Å². The maximum atomic E-state index is 12.2. The largest absolute Gasteiger partial charge is 0.479 e. The first kappa shape index (κ1) is 13.4. The van der Waals surface area contributed by atoms with Crippen LogP contribution >= 0.6 is 23.1 Å². The molecule has 1 aliphatic heterocycles. The van der Waals surface area contributed by atoms with Gasteiger partial charge in [0.2, 0.25) is 0 Å². The minimum atomic E-state index is -1.09. The molecule has 2 heterocycles. The second-order valence-electron chi connectivity index (χ2n) is 4.47. The van der Waals surface area contributed by atoms with Crippen molar-refractivity contribution in [2.24, 2.45) is 0 Å². The number of carboxylic acids is 1. The highest BCUT2D eigenvalue weighted by Gasteiger charge is 2.43. The zero-order valence-electron chi connectivity index (χ0n) is 10.3. The molecule has 0 saturated carbocycles. The van der Waals surface area contributed by atoms with Crippen LogP contribution in [0.5, 0.6) is 0 Å². The van der Waals surface area contributed by atoms with Gasteiger partial charge in [-0.25, -0.2) is 4.79 Å². The van der Waals surface area contributed by atoms with E-state index in [1.165, 1.54) is 11.3 Å². The van der Waals surface area contributed by atoms with E-state index in [0.29, 0.717) is 17.7 Å². The molecule has 1 unspecified atom stereocenters. The summed E-state index contributed by atoms with van der Waals surface area (Å²) >= 11 is 3.07. The Hall–Kier alpha value is -1.01. The van der Waals surface area contributed by atoms with Gasteiger partial charge in [0.05, 0.1) is 5.56 Å². The van der Waals surface area contributed by atoms with Crippen molar-refractivity contribution in [3.8, 4) is 0 Å². The fourth-order valence-corrected chi connectivity index (χ4v) is 4.10. The molecule has 0 aromatic carbocycles. The van der Waals surface area contributed by atoms with Crippen LogP contribution in [0, 0.1) is 13.8 Å². The molecular formula is C12H15NO3S2. The Morgan fingerprint density at radius 3 is 2.61 bits per heavy atom. The number of amides is 1. The Labute approximate surface area is 114 Å². The summed E-state index contributed by atoms with van der Waals surface area (Å²) in [4.78, 5) is 24.6. The summed E-state index contributed by atoms with van der Waals surface area (Å²) in [6.45, 7) is 3.84. The van der Waals surface area contributed by atoms with E-state index in [2.05, 4.69) is 5.32 Å². The number of aryl methyl sites for hydroxylation is 1. The quantitative estimate of drug-likeness (QED) is 0.892. The average molecular weight is 285 g/mol. The van der Waals surface area contributed by atoms with E-state index < -0.39 is 11.5 Å². The van der Waals surface area contributed by atoms with Gasteiger partial charge in [-0.05, 0) is 31.6 Å². The SMILES string of the molecule is Cc1scc(C(=O)NC2(C(=O)O)CCSC2)c1C. The Balaban J connectivity index is 2.20. The normalized spacial score (nSPS) is 23.0. The summed E-state index contributed by atoms with van der Waals surface area (Å²) in [5.41, 5.74) is 0.433. The molecule has 18 heavy (non-hydrogen) atoms. The van der Waals surface area contributed by atoms with E-state index in [-0.39, 0.29) is 5.91 Å². The van der Waals surface area contributed by atoms with E-state index in [0.717, 1.165) is 16.2 Å². The molecule has 1 aliphatic rings. The maximum absolute atomic E-state index is 12.2. The first-order valence-electron chi connectivity index (χ1n) is 5.64. The lowest BCUT2D eigenvalue weighted by molar-refractivity contribution is -0.143. The fourth-order valence-electron chi connectivity index (χ4n) is 1.91. The van der Waals surface area contributed by atoms with Gasteiger partial charge in [0.15, 0.2) is 0 Å². The van der Waals surface area contributed by atoms with Gasteiger partial charge in [-0.2, -0.15) is 11.8 Å². The lowest BCUT2D eigenvalue weighted by atomic mass is 9.98. The molecule has 1 saturated heterocycles. The lowest BCUT2D eigenvalue weighted by Gasteiger charge is -2.24. The summed E-state index contributed by atoms with van der Waals surface area (Å²) in [6, 6.07) is 0. The van der Waals surface area contributed by atoms with Crippen LogP contribution < -0.4 is 5.32 Å². The zero-order valence-corrected chi connectivity index (χ0v) is 11.9.